The summed E-state index contributed by atoms with van der Waals surface area (Å²) in [5.41, 5.74) is -1.18. The number of amides is 1. The predicted octanol–water partition coefficient (Wildman–Crippen LogP) is 4.29. The Morgan fingerprint density at radius 3 is 2.52 bits per heavy atom. The van der Waals surface area contributed by atoms with Crippen LogP contribution in [0.4, 0.5) is 5.69 Å². The van der Waals surface area contributed by atoms with Crippen molar-refractivity contribution in [2.45, 2.75) is 17.4 Å². The van der Waals surface area contributed by atoms with Crippen molar-refractivity contribution in [3.8, 4) is 5.75 Å². The van der Waals surface area contributed by atoms with Crippen LogP contribution in [0.2, 0.25) is 10.0 Å². The van der Waals surface area contributed by atoms with E-state index in [2.05, 4.69) is 5.32 Å². The van der Waals surface area contributed by atoms with Crippen LogP contribution in [0, 0.1) is 0 Å². The van der Waals surface area contributed by atoms with Gasteiger partial charge in [-0.1, -0.05) is 35.3 Å². The summed E-state index contributed by atoms with van der Waals surface area (Å²) in [5.74, 6) is -0.877. The first-order chi connectivity index (χ1) is 14.7. The zero-order valence-corrected chi connectivity index (χ0v) is 19.6. The Morgan fingerprint density at radius 2 is 1.84 bits per heavy atom. The average Bonchev–Trinajstić information content (AvgIpc) is 2.75. The summed E-state index contributed by atoms with van der Waals surface area (Å²) >= 11 is 13.5. The molecule has 0 aliphatic carbocycles. The highest BCUT2D eigenvalue weighted by molar-refractivity contribution is 7.99. The molecular weight excluding hydrogens is 465 g/mol. The Morgan fingerprint density at radius 1 is 1.13 bits per heavy atom. The van der Waals surface area contributed by atoms with E-state index in [1.165, 1.54) is 26.2 Å². The number of esters is 1. The number of hydrogen-bond donors (Lipinski definition) is 2. The zero-order valence-electron chi connectivity index (χ0n) is 17.2. The molecule has 1 amide bonds. The molecule has 2 aromatic carbocycles. The van der Waals surface area contributed by atoms with Crippen molar-refractivity contribution in [2.24, 2.45) is 0 Å². The fourth-order valence-corrected chi connectivity index (χ4v) is 3.92. The fourth-order valence-electron chi connectivity index (χ4n) is 2.38. The van der Waals surface area contributed by atoms with Gasteiger partial charge in [-0.25, -0.2) is 4.79 Å². The van der Waals surface area contributed by atoms with Gasteiger partial charge >= 0.3 is 5.97 Å². The molecule has 2 aromatic rings. The molecule has 0 aliphatic rings. The van der Waals surface area contributed by atoms with Gasteiger partial charge < -0.3 is 24.6 Å². The molecular formula is C21H23Cl2NO6S. The maximum absolute atomic E-state index is 12.7. The predicted molar refractivity (Wildman–Crippen MR) is 122 cm³/mol. The quantitative estimate of drug-likeness (QED) is 0.293. The number of ether oxygens (including phenoxy) is 3. The molecule has 0 saturated heterocycles. The Hall–Kier alpha value is -1.97. The minimum Gasteiger partial charge on any atom is -0.490 e. The van der Waals surface area contributed by atoms with Crippen LogP contribution in [0.3, 0.4) is 0 Å². The van der Waals surface area contributed by atoms with E-state index in [0.29, 0.717) is 22.8 Å². The molecule has 0 fully saturated rings. The number of halogens is 2. The normalized spacial score (nSPS) is 12.7. The lowest BCUT2D eigenvalue weighted by Crippen LogP contribution is -2.42. The van der Waals surface area contributed by atoms with Crippen molar-refractivity contribution in [1.82, 2.24) is 0 Å². The van der Waals surface area contributed by atoms with Crippen LogP contribution in [0.5, 0.6) is 5.75 Å². The van der Waals surface area contributed by atoms with E-state index in [1.54, 1.807) is 31.4 Å². The van der Waals surface area contributed by atoms with Gasteiger partial charge in [-0.2, -0.15) is 0 Å². The largest absolute Gasteiger partial charge is 0.490 e. The highest BCUT2D eigenvalue weighted by Crippen LogP contribution is 2.35. The van der Waals surface area contributed by atoms with Crippen LogP contribution >= 0.6 is 35.0 Å². The first-order valence-electron chi connectivity index (χ1n) is 9.14. The smallest absolute Gasteiger partial charge is 0.338 e. The average molecular weight is 488 g/mol. The van der Waals surface area contributed by atoms with Crippen LogP contribution in [0.1, 0.15) is 17.3 Å². The maximum Gasteiger partial charge on any atom is 0.338 e. The lowest BCUT2D eigenvalue weighted by Gasteiger charge is -2.23. The second kappa shape index (κ2) is 11.6. The number of benzene rings is 2. The third-order valence-electron chi connectivity index (χ3n) is 4.11. The van der Waals surface area contributed by atoms with Crippen molar-refractivity contribution in [1.29, 1.82) is 0 Å². The molecule has 0 aliphatic heterocycles. The van der Waals surface area contributed by atoms with E-state index < -0.39 is 17.5 Å². The van der Waals surface area contributed by atoms with Crippen molar-refractivity contribution in [2.75, 3.05) is 38.5 Å². The molecule has 0 heterocycles. The summed E-state index contributed by atoms with van der Waals surface area (Å²) in [4.78, 5) is 25.2. The van der Waals surface area contributed by atoms with Crippen LogP contribution in [0.15, 0.2) is 41.3 Å². The van der Waals surface area contributed by atoms with Crippen LogP contribution in [0.25, 0.3) is 0 Å². The fraction of sp³-hybridized carbons (Fsp3) is 0.333. The molecule has 2 rings (SSSR count). The molecule has 0 bridgehead atoms. The first kappa shape index (κ1) is 25.3. The molecule has 31 heavy (non-hydrogen) atoms. The Labute approximate surface area is 195 Å². The summed E-state index contributed by atoms with van der Waals surface area (Å²) in [6.07, 6.45) is 0. The Balaban J connectivity index is 2.11. The molecule has 0 saturated carbocycles. The van der Waals surface area contributed by atoms with Crippen molar-refractivity contribution in [3.05, 3.63) is 52.0 Å². The number of nitrogens with one attached hydrogen (secondary N) is 1. The monoisotopic (exact) mass is 487 g/mol. The number of methoxy groups -OCH3 is 2. The lowest BCUT2D eigenvalue weighted by molar-refractivity contribution is -0.130. The Bertz CT molecular complexity index is 938. The minimum absolute atomic E-state index is 0.0186. The molecule has 10 heteroatoms. The highest BCUT2D eigenvalue weighted by Gasteiger charge is 2.31. The third-order valence-corrected chi connectivity index (χ3v) is 6.09. The third kappa shape index (κ3) is 7.02. The number of hydrogen-bond acceptors (Lipinski definition) is 7. The first-order valence-corrected chi connectivity index (χ1v) is 10.9. The summed E-state index contributed by atoms with van der Waals surface area (Å²) in [7, 11) is 2.83. The van der Waals surface area contributed by atoms with E-state index in [0.717, 1.165) is 11.8 Å². The van der Waals surface area contributed by atoms with Gasteiger partial charge in [-0.15, -0.1) is 11.8 Å². The molecule has 0 unspecified atom stereocenters. The molecule has 2 N–H and O–H groups in total. The second-order valence-electron chi connectivity index (χ2n) is 6.61. The van der Waals surface area contributed by atoms with E-state index >= 15 is 0 Å². The van der Waals surface area contributed by atoms with Crippen molar-refractivity contribution >= 4 is 52.5 Å². The van der Waals surface area contributed by atoms with Gasteiger partial charge in [0.05, 0.1) is 35.0 Å². The van der Waals surface area contributed by atoms with Crippen LogP contribution < -0.4 is 10.1 Å². The zero-order chi connectivity index (χ0) is 23.0. The highest BCUT2D eigenvalue weighted by atomic mass is 35.5. The van der Waals surface area contributed by atoms with Crippen LogP contribution in [-0.2, 0) is 14.3 Å². The molecule has 168 valence electrons. The minimum atomic E-state index is -1.77. The summed E-state index contributed by atoms with van der Waals surface area (Å²) in [6, 6.07) is 9.70. The SMILES string of the molecule is COCCOc1cc(NC(=O)[C@@](C)(O)CSc2ccccc2C(=O)OC)c(Cl)cc1Cl. The van der Waals surface area contributed by atoms with Gasteiger partial charge in [0.15, 0.2) is 0 Å². The van der Waals surface area contributed by atoms with Crippen LogP contribution in [-0.4, -0.2) is 55.8 Å². The van der Waals surface area contributed by atoms with E-state index in [9.17, 15) is 14.7 Å². The van der Waals surface area contributed by atoms with E-state index in [4.69, 9.17) is 37.4 Å². The van der Waals surface area contributed by atoms with Crippen molar-refractivity contribution < 1.29 is 28.9 Å². The van der Waals surface area contributed by atoms with Gasteiger partial charge in [0.1, 0.15) is 18.0 Å². The number of aliphatic hydroxyl groups is 1. The second-order valence-corrected chi connectivity index (χ2v) is 8.44. The number of thioether (sulfide) groups is 1. The van der Waals surface area contributed by atoms with Gasteiger partial charge in [-0.05, 0) is 25.1 Å². The van der Waals surface area contributed by atoms with Crippen molar-refractivity contribution in [3.63, 3.8) is 0 Å². The number of carbonyl (C=O) groups is 2. The van der Waals surface area contributed by atoms with E-state index in [-0.39, 0.29) is 28.1 Å². The van der Waals surface area contributed by atoms with E-state index in [1.807, 2.05) is 0 Å². The van der Waals surface area contributed by atoms with Gasteiger partial charge in [0.2, 0.25) is 0 Å². The molecule has 7 nitrogen and oxygen atoms in total. The summed E-state index contributed by atoms with van der Waals surface area (Å²) in [5, 5.41) is 13.8. The summed E-state index contributed by atoms with van der Waals surface area (Å²) < 4.78 is 15.2. The number of rotatable bonds is 10. The lowest BCUT2D eigenvalue weighted by atomic mass is 10.1. The van der Waals surface area contributed by atoms with Gasteiger partial charge in [-0.3, -0.25) is 4.79 Å². The number of carbonyl (C=O) groups excluding carboxylic acids is 2. The molecule has 1 atom stereocenters. The molecule has 0 spiro atoms. The number of anilines is 1. The maximum atomic E-state index is 12.7. The Kier molecular flexibility index (Phi) is 9.46. The standard InChI is InChI=1S/C21H23Cl2NO6S/c1-21(27,12-31-18-7-5-4-6-13(18)19(25)29-3)20(26)24-16-11-17(30-9-8-28-2)15(23)10-14(16)22/h4-7,10-11,27H,8-9,12H2,1-3H3,(H,24,26)/t21-/m0/s1. The molecule has 0 radical (unpaired) electrons. The van der Waals surface area contributed by atoms with Gasteiger partial charge in [0.25, 0.3) is 5.91 Å². The molecule has 0 aromatic heterocycles. The summed E-state index contributed by atoms with van der Waals surface area (Å²) in [6.45, 7) is 1.99. The topological polar surface area (TPSA) is 94.1 Å². The van der Waals surface area contributed by atoms with Gasteiger partial charge in [0, 0.05) is 23.8 Å².